The number of hydrogen-bond donors (Lipinski definition) is 2. The Morgan fingerprint density at radius 1 is 1.06 bits per heavy atom. The molecule has 248 valence electrons. The minimum absolute atomic E-state index is 0.0478. The molecule has 0 spiro atoms. The van der Waals surface area contributed by atoms with Gasteiger partial charge < -0.3 is 24.8 Å². The van der Waals surface area contributed by atoms with Crippen LogP contribution in [0.5, 0.6) is 11.6 Å². The minimum Gasteiger partial charge on any atom is -0.484 e. The maximum Gasteiger partial charge on any atom is 0.337 e. The Balaban J connectivity index is 1.10. The molecule has 1 amide bonds. The molecule has 2 aliphatic rings. The SMILES string of the molecule is CCN1CCC[C@H]1CNc1cc(C(=O)OC)ccc1NC(=O)CN1CCC(Oc2cccc(COc3ccc(C#N)cc3F)n2)CC1. The third-order valence-corrected chi connectivity index (χ3v) is 8.56. The van der Waals surface area contributed by atoms with Gasteiger partial charge in [-0.25, -0.2) is 14.2 Å². The van der Waals surface area contributed by atoms with Crippen molar-refractivity contribution in [2.75, 3.05) is 57.0 Å². The van der Waals surface area contributed by atoms with E-state index in [1.807, 2.05) is 12.1 Å². The van der Waals surface area contributed by atoms with Crippen molar-refractivity contribution in [1.29, 1.82) is 5.26 Å². The van der Waals surface area contributed by atoms with Crippen LogP contribution in [0, 0.1) is 17.1 Å². The first-order valence-corrected chi connectivity index (χ1v) is 16.0. The number of amides is 1. The zero-order valence-electron chi connectivity index (χ0n) is 26.8. The van der Waals surface area contributed by atoms with Gasteiger partial charge in [-0.05, 0) is 81.2 Å². The lowest BCUT2D eigenvalue weighted by molar-refractivity contribution is -0.117. The number of nitrogens with one attached hydrogen (secondary N) is 2. The summed E-state index contributed by atoms with van der Waals surface area (Å²) in [7, 11) is 1.35. The van der Waals surface area contributed by atoms with E-state index >= 15 is 0 Å². The molecule has 5 rings (SSSR count). The van der Waals surface area contributed by atoms with Crippen molar-refractivity contribution in [3.05, 3.63) is 77.2 Å². The molecule has 0 aliphatic carbocycles. The highest BCUT2D eigenvalue weighted by Gasteiger charge is 2.25. The highest BCUT2D eigenvalue weighted by Crippen LogP contribution is 2.26. The molecule has 12 heteroatoms. The Labute approximate surface area is 274 Å². The highest BCUT2D eigenvalue weighted by atomic mass is 19.1. The average Bonchev–Trinajstić information content (AvgIpc) is 3.55. The number of halogens is 1. The van der Waals surface area contributed by atoms with Crippen LogP contribution in [0.15, 0.2) is 54.6 Å². The van der Waals surface area contributed by atoms with Crippen molar-refractivity contribution in [1.82, 2.24) is 14.8 Å². The Bertz CT molecular complexity index is 1590. The van der Waals surface area contributed by atoms with Gasteiger partial charge in [-0.15, -0.1) is 0 Å². The van der Waals surface area contributed by atoms with Crippen molar-refractivity contribution in [2.45, 2.75) is 51.4 Å². The van der Waals surface area contributed by atoms with Gasteiger partial charge in [0.25, 0.3) is 0 Å². The number of likely N-dealkylation sites (tertiary alicyclic amines) is 2. The Hall–Kier alpha value is -4.73. The van der Waals surface area contributed by atoms with Gasteiger partial charge in [0.05, 0.1) is 47.9 Å². The lowest BCUT2D eigenvalue weighted by Crippen LogP contribution is -2.42. The molecule has 0 unspecified atom stereocenters. The average molecular weight is 645 g/mol. The predicted octanol–water partition coefficient (Wildman–Crippen LogP) is 4.84. The standard InChI is InChI=1S/C35H41FN6O5/c1-3-42-15-5-7-27(42)21-38-31-19-25(35(44)45-2)10-11-30(31)40-33(43)22-41-16-13-28(14-17-41)47-34-8-4-6-26(39-34)23-46-32-12-9-24(20-37)18-29(32)36/h4,6,8-12,18-19,27-28,38H,3,5,7,13-17,21-23H2,1-2H3,(H,40,43)/t27-/m0/s1. The van der Waals surface area contributed by atoms with Gasteiger partial charge in [0, 0.05) is 31.7 Å². The molecule has 0 saturated carbocycles. The molecule has 11 nitrogen and oxygen atoms in total. The number of nitrogens with zero attached hydrogens (tertiary/aromatic N) is 4. The smallest absolute Gasteiger partial charge is 0.337 e. The summed E-state index contributed by atoms with van der Waals surface area (Å²) in [5.41, 5.74) is 2.54. The molecule has 1 atom stereocenters. The van der Waals surface area contributed by atoms with E-state index in [1.54, 1.807) is 30.3 Å². The second-order valence-electron chi connectivity index (χ2n) is 11.7. The van der Waals surface area contributed by atoms with Crippen LogP contribution in [0.2, 0.25) is 0 Å². The fourth-order valence-corrected chi connectivity index (χ4v) is 6.01. The van der Waals surface area contributed by atoms with Crippen LogP contribution >= 0.6 is 0 Å². The molecule has 2 saturated heterocycles. The number of likely N-dealkylation sites (N-methyl/N-ethyl adjacent to an activating group) is 1. The third-order valence-electron chi connectivity index (χ3n) is 8.56. The molecular formula is C35H41FN6O5. The van der Waals surface area contributed by atoms with Gasteiger partial charge >= 0.3 is 5.97 Å². The molecule has 2 aromatic carbocycles. The van der Waals surface area contributed by atoms with Gasteiger partial charge in [-0.3, -0.25) is 14.6 Å². The van der Waals surface area contributed by atoms with Gasteiger partial charge in [-0.1, -0.05) is 13.0 Å². The second-order valence-corrected chi connectivity index (χ2v) is 11.7. The summed E-state index contributed by atoms with van der Waals surface area (Å²) in [6, 6.07) is 16.8. The summed E-state index contributed by atoms with van der Waals surface area (Å²) in [6.45, 7) is 6.59. The van der Waals surface area contributed by atoms with Crippen LogP contribution in [0.3, 0.4) is 0 Å². The molecule has 0 radical (unpaired) electrons. The van der Waals surface area contributed by atoms with E-state index in [1.165, 1.54) is 19.2 Å². The highest BCUT2D eigenvalue weighted by molar-refractivity contribution is 5.98. The summed E-state index contributed by atoms with van der Waals surface area (Å²) < 4.78 is 30.8. The Kier molecular flexibility index (Phi) is 11.6. The first-order valence-electron chi connectivity index (χ1n) is 16.0. The zero-order valence-corrected chi connectivity index (χ0v) is 26.8. The quantitative estimate of drug-likeness (QED) is 0.250. The fraction of sp³-hybridized carbons (Fsp3) is 0.429. The van der Waals surface area contributed by atoms with Crippen LogP contribution in [0.25, 0.3) is 0 Å². The van der Waals surface area contributed by atoms with E-state index in [0.29, 0.717) is 47.6 Å². The van der Waals surface area contributed by atoms with E-state index < -0.39 is 11.8 Å². The molecular weight excluding hydrogens is 603 g/mol. The number of esters is 1. The third kappa shape index (κ3) is 9.18. The maximum atomic E-state index is 14.2. The number of rotatable bonds is 13. The van der Waals surface area contributed by atoms with E-state index in [4.69, 9.17) is 19.5 Å². The number of carbonyl (C=O) groups is 2. The summed E-state index contributed by atoms with van der Waals surface area (Å²) in [5, 5.41) is 15.4. The second kappa shape index (κ2) is 16.2. The number of anilines is 2. The lowest BCUT2D eigenvalue weighted by atomic mass is 10.1. The normalized spacial score (nSPS) is 17.1. The summed E-state index contributed by atoms with van der Waals surface area (Å²) in [4.78, 5) is 34.3. The number of methoxy groups -OCH3 is 1. The molecule has 47 heavy (non-hydrogen) atoms. The van der Waals surface area contributed by atoms with E-state index in [9.17, 15) is 14.0 Å². The monoisotopic (exact) mass is 644 g/mol. The number of aromatic nitrogens is 1. The minimum atomic E-state index is -0.603. The number of hydrogen-bond acceptors (Lipinski definition) is 10. The number of carbonyl (C=O) groups excluding carboxylic acids is 2. The number of pyridine rings is 1. The number of ether oxygens (including phenoxy) is 3. The Morgan fingerprint density at radius 3 is 2.64 bits per heavy atom. The molecule has 1 aromatic heterocycles. The first-order chi connectivity index (χ1) is 22.8. The van der Waals surface area contributed by atoms with Crippen molar-refractivity contribution in [2.24, 2.45) is 0 Å². The number of nitriles is 1. The topological polar surface area (TPSA) is 129 Å². The molecule has 3 heterocycles. The fourth-order valence-electron chi connectivity index (χ4n) is 6.01. The summed E-state index contributed by atoms with van der Waals surface area (Å²) >= 11 is 0. The van der Waals surface area contributed by atoms with E-state index in [-0.39, 0.29) is 36.5 Å². The van der Waals surface area contributed by atoms with Gasteiger partial charge in [-0.2, -0.15) is 5.26 Å². The molecule has 2 N–H and O–H groups in total. The van der Waals surface area contributed by atoms with Gasteiger partial charge in [0.1, 0.15) is 12.7 Å². The van der Waals surface area contributed by atoms with Crippen molar-refractivity contribution in [3.63, 3.8) is 0 Å². The van der Waals surface area contributed by atoms with Gasteiger partial charge in [0.2, 0.25) is 11.8 Å². The largest absolute Gasteiger partial charge is 0.484 e. The van der Waals surface area contributed by atoms with Crippen molar-refractivity contribution < 1.29 is 28.2 Å². The maximum absolute atomic E-state index is 14.2. The van der Waals surface area contributed by atoms with Crippen molar-refractivity contribution in [3.8, 4) is 17.7 Å². The number of piperidine rings is 1. The van der Waals surface area contributed by atoms with Crippen LogP contribution in [0.4, 0.5) is 15.8 Å². The van der Waals surface area contributed by atoms with Crippen LogP contribution in [-0.4, -0.2) is 85.2 Å². The summed E-state index contributed by atoms with van der Waals surface area (Å²) in [6.07, 6.45) is 3.66. The lowest BCUT2D eigenvalue weighted by Gasteiger charge is -2.31. The van der Waals surface area contributed by atoms with E-state index in [0.717, 1.165) is 51.4 Å². The van der Waals surface area contributed by atoms with Crippen LogP contribution in [-0.2, 0) is 16.1 Å². The molecule has 0 bridgehead atoms. The number of benzene rings is 2. The zero-order chi connectivity index (χ0) is 33.2. The van der Waals surface area contributed by atoms with Gasteiger partial charge in [0.15, 0.2) is 11.6 Å². The van der Waals surface area contributed by atoms with E-state index in [2.05, 4.69) is 32.3 Å². The molecule has 3 aromatic rings. The van der Waals surface area contributed by atoms with Crippen LogP contribution in [0.1, 0.15) is 54.2 Å². The van der Waals surface area contributed by atoms with Crippen molar-refractivity contribution >= 4 is 23.3 Å². The molecule has 2 fully saturated rings. The van der Waals surface area contributed by atoms with Crippen LogP contribution < -0.4 is 20.1 Å². The Morgan fingerprint density at radius 2 is 1.89 bits per heavy atom. The predicted molar refractivity (Wildman–Crippen MR) is 175 cm³/mol. The first kappa shape index (κ1) is 33.6. The summed E-state index contributed by atoms with van der Waals surface area (Å²) in [5.74, 6) is -0.666. The molecule has 2 aliphatic heterocycles.